The predicted octanol–water partition coefficient (Wildman–Crippen LogP) is 2.32. The number of rotatable bonds is 4. The van der Waals surface area contributed by atoms with Gasteiger partial charge >= 0.3 is 0 Å². The Morgan fingerprint density at radius 1 is 1.32 bits per heavy atom. The van der Waals surface area contributed by atoms with Gasteiger partial charge in [-0.25, -0.2) is 4.98 Å². The van der Waals surface area contributed by atoms with Gasteiger partial charge in [0, 0.05) is 11.6 Å². The van der Waals surface area contributed by atoms with Crippen molar-refractivity contribution >= 4 is 22.8 Å². The van der Waals surface area contributed by atoms with E-state index in [-0.39, 0.29) is 17.5 Å². The van der Waals surface area contributed by atoms with E-state index in [9.17, 15) is 4.79 Å². The average molecular weight is 343 g/mol. The molecule has 1 aliphatic carbocycles. The minimum atomic E-state index is -0.107. The molecule has 4 rings (SSSR count). The Balaban J connectivity index is 1.61. The number of carbonyl (C=O) groups excluding carboxylic acids is 1. The lowest BCUT2D eigenvalue weighted by molar-refractivity contribution is 0.0917. The molecule has 25 heavy (non-hydrogen) atoms. The Labute approximate surface area is 147 Å². The van der Waals surface area contributed by atoms with Crippen LogP contribution >= 0.6 is 0 Å². The number of likely N-dealkylation sites (tertiary alicyclic amines) is 1. The van der Waals surface area contributed by atoms with Gasteiger partial charge in [-0.1, -0.05) is 0 Å². The molecule has 0 atom stereocenters. The van der Waals surface area contributed by atoms with Crippen molar-refractivity contribution in [1.29, 1.82) is 0 Å². The summed E-state index contributed by atoms with van der Waals surface area (Å²) in [5.41, 5.74) is 1.04. The van der Waals surface area contributed by atoms with Crippen molar-refractivity contribution in [2.24, 2.45) is 0 Å². The lowest BCUT2D eigenvalue weighted by atomic mass is 10.0. The molecule has 1 aliphatic heterocycles. The molecule has 134 valence electrons. The number of nitrogens with one attached hydrogen (secondary N) is 2. The summed E-state index contributed by atoms with van der Waals surface area (Å²) in [5.74, 6) is 1.23. The van der Waals surface area contributed by atoms with Crippen LogP contribution in [0, 0.1) is 6.92 Å². The molecule has 2 N–H and O–H groups in total. The van der Waals surface area contributed by atoms with Gasteiger partial charge < -0.3 is 20.0 Å². The molecular formula is C18H25N5O2. The highest BCUT2D eigenvalue weighted by atomic mass is 16.3. The van der Waals surface area contributed by atoms with Crippen molar-refractivity contribution in [2.45, 2.75) is 51.1 Å². The van der Waals surface area contributed by atoms with Crippen LogP contribution in [0.4, 0.5) is 5.82 Å². The fourth-order valence-electron chi connectivity index (χ4n) is 3.32. The maximum absolute atomic E-state index is 12.8. The summed E-state index contributed by atoms with van der Waals surface area (Å²) in [5, 5.41) is 7.30. The van der Waals surface area contributed by atoms with Crippen LogP contribution in [0.1, 0.15) is 48.8 Å². The number of furan rings is 1. The monoisotopic (exact) mass is 343 g/mol. The van der Waals surface area contributed by atoms with Gasteiger partial charge in [-0.2, -0.15) is 4.98 Å². The zero-order valence-corrected chi connectivity index (χ0v) is 15.1. The van der Waals surface area contributed by atoms with Crippen LogP contribution in [0.2, 0.25) is 0 Å². The molecule has 0 aromatic carbocycles. The van der Waals surface area contributed by atoms with Gasteiger partial charge in [0.1, 0.15) is 17.9 Å². The first-order valence-corrected chi connectivity index (χ1v) is 8.97. The Hall–Kier alpha value is -2.15. The Bertz CT molecular complexity index is 803. The van der Waals surface area contributed by atoms with E-state index in [1.165, 1.54) is 6.26 Å². The number of anilines is 1. The molecule has 2 fully saturated rings. The van der Waals surface area contributed by atoms with Crippen LogP contribution in [-0.2, 0) is 0 Å². The minimum absolute atomic E-state index is 0.0622. The number of hydrogen-bond acceptors (Lipinski definition) is 6. The van der Waals surface area contributed by atoms with E-state index in [4.69, 9.17) is 4.42 Å². The summed E-state index contributed by atoms with van der Waals surface area (Å²) in [7, 11) is 2.11. The lowest BCUT2D eigenvalue weighted by Crippen LogP contribution is -2.43. The average Bonchev–Trinajstić information content (AvgIpc) is 3.12. The van der Waals surface area contributed by atoms with Gasteiger partial charge in [-0.05, 0) is 59.7 Å². The van der Waals surface area contributed by atoms with Crippen LogP contribution in [0.15, 0.2) is 10.7 Å². The number of aryl methyl sites for hydroxylation is 1. The van der Waals surface area contributed by atoms with Crippen molar-refractivity contribution in [2.75, 3.05) is 25.5 Å². The second kappa shape index (κ2) is 5.98. The fraction of sp³-hybridized carbons (Fsp3) is 0.611. The molecule has 1 saturated heterocycles. The number of amides is 1. The SMILES string of the molecule is Cc1nc(NC2(C)CC2)c2c(C(=O)NC3CCN(C)CC3)coc2n1. The Morgan fingerprint density at radius 2 is 2.04 bits per heavy atom. The second-order valence-electron chi connectivity index (χ2n) is 7.69. The summed E-state index contributed by atoms with van der Waals surface area (Å²) < 4.78 is 5.57. The quantitative estimate of drug-likeness (QED) is 0.886. The third kappa shape index (κ3) is 3.33. The first kappa shape index (κ1) is 16.3. The number of fused-ring (bicyclic) bond motifs is 1. The fourth-order valence-corrected chi connectivity index (χ4v) is 3.32. The third-order valence-corrected chi connectivity index (χ3v) is 5.26. The normalized spacial score (nSPS) is 20.6. The van der Waals surface area contributed by atoms with E-state index in [0.29, 0.717) is 28.3 Å². The molecular weight excluding hydrogens is 318 g/mol. The molecule has 3 heterocycles. The van der Waals surface area contributed by atoms with Gasteiger partial charge in [0.25, 0.3) is 5.91 Å². The molecule has 0 radical (unpaired) electrons. The molecule has 2 aromatic heterocycles. The van der Waals surface area contributed by atoms with Gasteiger partial charge in [0.15, 0.2) is 0 Å². The molecule has 1 saturated carbocycles. The molecule has 1 amide bonds. The Kier molecular flexibility index (Phi) is 3.91. The standard InChI is InChI=1S/C18H25N5O2/c1-11-19-15(22-18(2)6-7-18)14-13(10-25-17(14)20-11)16(24)21-12-4-8-23(3)9-5-12/h10,12H,4-9H2,1-3H3,(H,21,24)(H,19,20,22). The first-order valence-electron chi connectivity index (χ1n) is 8.97. The summed E-state index contributed by atoms with van der Waals surface area (Å²) in [6, 6.07) is 0.206. The van der Waals surface area contributed by atoms with Crippen molar-refractivity contribution < 1.29 is 9.21 Å². The van der Waals surface area contributed by atoms with Gasteiger partial charge in [0.05, 0.1) is 10.9 Å². The van der Waals surface area contributed by atoms with Crippen LogP contribution in [0.5, 0.6) is 0 Å². The summed E-state index contributed by atoms with van der Waals surface area (Å²) in [6.07, 6.45) is 5.65. The Morgan fingerprint density at radius 3 is 2.72 bits per heavy atom. The van der Waals surface area contributed by atoms with Crippen molar-refractivity contribution in [3.63, 3.8) is 0 Å². The predicted molar refractivity (Wildman–Crippen MR) is 95.8 cm³/mol. The highest BCUT2D eigenvalue weighted by molar-refractivity contribution is 6.09. The number of nitrogens with zero attached hydrogens (tertiary/aromatic N) is 3. The largest absolute Gasteiger partial charge is 0.445 e. The minimum Gasteiger partial charge on any atom is -0.445 e. The molecule has 0 unspecified atom stereocenters. The molecule has 2 aromatic rings. The summed E-state index contributed by atoms with van der Waals surface area (Å²) in [6.45, 7) is 6.00. The van der Waals surface area contributed by atoms with Gasteiger partial charge in [0.2, 0.25) is 5.71 Å². The van der Waals surface area contributed by atoms with Crippen LogP contribution in [-0.4, -0.2) is 52.5 Å². The van der Waals surface area contributed by atoms with Gasteiger partial charge in [-0.3, -0.25) is 4.79 Å². The highest BCUT2D eigenvalue weighted by Gasteiger charge is 2.38. The summed E-state index contributed by atoms with van der Waals surface area (Å²) >= 11 is 0. The van der Waals surface area contributed by atoms with Crippen molar-refractivity contribution in [3.8, 4) is 0 Å². The number of aromatic nitrogens is 2. The zero-order valence-electron chi connectivity index (χ0n) is 15.1. The topological polar surface area (TPSA) is 83.3 Å². The van der Waals surface area contributed by atoms with Crippen LogP contribution < -0.4 is 10.6 Å². The smallest absolute Gasteiger partial charge is 0.255 e. The van der Waals surface area contributed by atoms with E-state index in [2.05, 4.69) is 39.5 Å². The van der Waals surface area contributed by atoms with Crippen LogP contribution in [0.3, 0.4) is 0 Å². The molecule has 7 nitrogen and oxygen atoms in total. The lowest BCUT2D eigenvalue weighted by Gasteiger charge is -2.29. The number of carbonyl (C=O) groups is 1. The maximum atomic E-state index is 12.8. The van der Waals surface area contributed by atoms with E-state index in [1.54, 1.807) is 0 Å². The number of hydrogen-bond donors (Lipinski definition) is 2. The van der Waals surface area contributed by atoms with E-state index < -0.39 is 0 Å². The maximum Gasteiger partial charge on any atom is 0.255 e. The molecule has 0 spiro atoms. The van der Waals surface area contributed by atoms with E-state index in [1.807, 2.05) is 6.92 Å². The molecule has 7 heteroatoms. The first-order chi connectivity index (χ1) is 11.9. The number of piperidine rings is 1. The van der Waals surface area contributed by atoms with Crippen molar-refractivity contribution in [3.05, 3.63) is 17.7 Å². The molecule has 0 bridgehead atoms. The van der Waals surface area contributed by atoms with Crippen molar-refractivity contribution in [1.82, 2.24) is 20.2 Å². The summed E-state index contributed by atoms with van der Waals surface area (Å²) in [4.78, 5) is 24.0. The molecule has 2 aliphatic rings. The third-order valence-electron chi connectivity index (χ3n) is 5.26. The van der Waals surface area contributed by atoms with E-state index in [0.717, 1.165) is 38.8 Å². The van der Waals surface area contributed by atoms with E-state index >= 15 is 0 Å². The second-order valence-corrected chi connectivity index (χ2v) is 7.69. The highest BCUT2D eigenvalue weighted by Crippen LogP contribution is 2.39. The van der Waals surface area contributed by atoms with Gasteiger partial charge in [-0.15, -0.1) is 0 Å². The van der Waals surface area contributed by atoms with Crippen LogP contribution in [0.25, 0.3) is 11.1 Å². The zero-order chi connectivity index (χ0) is 17.6.